The zero-order valence-electron chi connectivity index (χ0n) is 12.2. The number of nitrogens with one attached hydrogen (secondary N) is 2. The van der Waals surface area contributed by atoms with Crippen molar-refractivity contribution in [3.05, 3.63) is 59.9 Å². The van der Waals surface area contributed by atoms with Crippen molar-refractivity contribution in [2.75, 3.05) is 10.6 Å². The van der Waals surface area contributed by atoms with Gasteiger partial charge in [-0.05, 0) is 24.3 Å². The fourth-order valence-corrected chi connectivity index (χ4v) is 1.94. The third-order valence-electron chi connectivity index (χ3n) is 2.98. The molecular weight excluding hydrogens is 328 g/mol. The summed E-state index contributed by atoms with van der Waals surface area (Å²) in [5.41, 5.74) is -1.59. The summed E-state index contributed by atoms with van der Waals surface area (Å²) >= 11 is 0. The van der Waals surface area contributed by atoms with Gasteiger partial charge in [-0.25, -0.2) is 4.39 Å². The Balaban J connectivity index is 2.02. The molecule has 0 spiro atoms. The predicted molar refractivity (Wildman–Crippen MR) is 79.7 cm³/mol. The van der Waals surface area contributed by atoms with E-state index in [0.29, 0.717) is 0 Å². The van der Waals surface area contributed by atoms with Gasteiger partial charge in [0.15, 0.2) is 0 Å². The van der Waals surface area contributed by atoms with Crippen LogP contribution in [0.15, 0.2) is 48.5 Å². The number of carbonyl (C=O) groups excluding carboxylic acids is 2. The normalized spacial score (nSPS) is 11.0. The Kier molecular flexibility index (Phi) is 5.18. The van der Waals surface area contributed by atoms with Crippen LogP contribution < -0.4 is 10.6 Å². The highest BCUT2D eigenvalue weighted by Crippen LogP contribution is 2.34. The minimum absolute atomic E-state index is 0.119. The van der Waals surface area contributed by atoms with Crippen LogP contribution in [0.2, 0.25) is 0 Å². The number of carbonyl (C=O) groups is 2. The van der Waals surface area contributed by atoms with Crippen LogP contribution in [-0.2, 0) is 15.8 Å². The molecule has 0 aliphatic heterocycles. The molecule has 0 aliphatic carbocycles. The zero-order valence-corrected chi connectivity index (χ0v) is 12.2. The van der Waals surface area contributed by atoms with Gasteiger partial charge in [-0.3, -0.25) is 9.59 Å². The van der Waals surface area contributed by atoms with Gasteiger partial charge >= 0.3 is 6.18 Å². The van der Waals surface area contributed by atoms with Gasteiger partial charge in [-0.1, -0.05) is 24.3 Å². The van der Waals surface area contributed by atoms with Crippen molar-refractivity contribution in [1.82, 2.24) is 0 Å². The summed E-state index contributed by atoms with van der Waals surface area (Å²) in [7, 11) is 0. The highest BCUT2D eigenvalue weighted by Gasteiger charge is 2.33. The fourth-order valence-electron chi connectivity index (χ4n) is 1.94. The Labute approximate surface area is 134 Å². The smallest absolute Gasteiger partial charge is 0.325 e. The average molecular weight is 340 g/mol. The van der Waals surface area contributed by atoms with Crippen molar-refractivity contribution in [2.24, 2.45) is 0 Å². The van der Waals surface area contributed by atoms with Gasteiger partial charge < -0.3 is 10.6 Å². The number of halogens is 4. The topological polar surface area (TPSA) is 58.2 Å². The summed E-state index contributed by atoms with van der Waals surface area (Å²) in [4.78, 5) is 23.4. The predicted octanol–water partition coefficient (Wildman–Crippen LogP) is 3.81. The highest BCUT2D eigenvalue weighted by molar-refractivity contribution is 6.08. The summed E-state index contributed by atoms with van der Waals surface area (Å²) in [6.07, 6.45) is -5.39. The zero-order chi connectivity index (χ0) is 17.7. The minimum atomic E-state index is -4.64. The molecule has 0 fully saturated rings. The van der Waals surface area contributed by atoms with Crippen LogP contribution in [0.1, 0.15) is 12.0 Å². The van der Waals surface area contributed by atoms with Crippen LogP contribution in [0.3, 0.4) is 0 Å². The van der Waals surface area contributed by atoms with Gasteiger partial charge in [-0.2, -0.15) is 13.2 Å². The molecule has 24 heavy (non-hydrogen) atoms. The second-order valence-electron chi connectivity index (χ2n) is 4.80. The fraction of sp³-hybridized carbons (Fsp3) is 0.125. The lowest BCUT2D eigenvalue weighted by Crippen LogP contribution is -2.23. The molecule has 2 aromatic carbocycles. The van der Waals surface area contributed by atoms with E-state index in [-0.39, 0.29) is 5.69 Å². The number of amides is 2. The van der Waals surface area contributed by atoms with Crippen LogP contribution in [0, 0.1) is 5.82 Å². The van der Waals surface area contributed by atoms with Crippen LogP contribution in [0.5, 0.6) is 0 Å². The van der Waals surface area contributed by atoms with Gasteiger partial charge in [-0.15, -0.1) is 0 Å². The molecule has 2 rings (SSSR count). The van der Waals surface area contributed by atoms with E-state index in [2.05, 4.69) is 5.32 Å². The number of rotatable bonds is 4. The molecular formula is C16H12F4N2O2. The van der Waals surface area contributed by atoms with E-state index in [1.807, 2.05) is 5.32 Å². The van der Waals surface area contributed by atoms with E-state index in [0.717, 1.165) is 18.2 Å². The summed E-state index contributed by atoms with van der Waals surface area (Å²) in [6, 6.07) is 9.72. The minimum Gasteiger partial charge on any atom is -0.325 e. The van der Waals surface area contributed by atoms with Crippen LogP contribution in [0.25, 0.3) is 0 Å². The summed E-state index contributed by atoms with van der Waals surface area (Å²) in [6.45, 7) is 0. The molecule has 0 bridgehead atoms. The Bertz CT molecular complexity index is 760. The van der Waals surface area contributed by atoms with Crippen LogP contribution >= 0.6 is 0 Å². The Morgan fingerprint density at radius 2 is 1.33 bits per heavy atom. The number of benzene rings is 2. The molecule has 2 N–H and O–H groups in total. The van der Waals surface area contributed by atoms with E-state index in [9.17, 15) is 27.2 Å². The Hall–Kier alpha value is -2.90. The largest absolute Gasteiger partial charge is 0.418 e. The molecule has 0 unspecified atom stereocenters. The lowest BCUT2D eigenvalue weighted by atomic mass is 10.1. The summed E-state index contributed by atoms with van der Waals surface area (Å²) in [5, 5.41) is 4.21. The van der Waals surface area contributed by atoms with Gasteiger partial charge in [0.25, 0.3) is 0 Å². The number of anilines is 2. The van der Waals surface area contributed by atoms with E-state index in [4.69, 9.17) is 0 Å². The molecule has 0 saturated carbocycles. The molecule has 8 heteroatoms. The summed E-state index contributed by atoms with van der Waals surface area (Å²) < 4.78 is 51.8. The summed E-state index contributed by atoms with van der Waals surface area (Å²) in [5.74, 6) is -2.48. The van der Waals surface area contributed by atoms with Crippen LogP contribution in [0.4, 0.5) is 28.9 Å². The quantitative estimate of drug-likeness (QED) is 0.657. The van der Waals surface area contributed by atoms with E-state index in [1.165, 1.54) is 30.3 Å². The SMILES string of the molecule is O=C(CC(=O)Nc1ccccc1C(F)(F)F)Nc1ccccc1F. The molecule has 2 aromatic rings. The first kappa shape index (κ1) is 17.5. The molecule has 0 aromatic heterocycles. The first-order valence-corrected chi connectivity index (χ1v) is 6.78. The molecule has 0 aliphatic rings. The molecule has 0 heterocycles. The monoisotopic (exact) mass is 340 g/mol. The second kappa shape index (κ2) is 7.12. The van der Waals surface area contributed by atoms with Crippen molar-refractivity contribution in [1.29, 1.82) is 0 Å². The maximum absolute atomic E-state index is 13.4. The van der Waals surface area contributed by atoms with Crippen molar-refractivity contribution in [2.45, 2.75) is 12.6 Å². The van der Waals surface area contributed by atoms with Crippen molar-refractivity contribution >= 4 is 23.2 Å². The van der Waals surface area contributed by atoms with E-state index < -0.39 is 41.5 Å². The lowest BCUT2D eigenvalue weighted by molar-refractivity contribution is -0.137. The third-order valence-corrected chi connectivity index (χ3v) is 2.98. The number of hydrogen-bond acceptors (Lipinski definition) is 2. The number of alkyl halides is 3. The average Bonchev–Trinajstić information content (AvgIpc) is 2.49. The Morgan fingerprint density at radius 3 is 1.92 bits per heavy atom. The Morgan fingerprint density at radius 1 is 0.833 bits per heavy atom. The van der Waals surface area contributed by atoms with Gasteiger partial charge in [0.2, 0.25) is 11.8 Å². The molecule has 0 radical (unpaired) electrons. The van der Waals surface area contributed by atoms with Gasteiger partial charge in [0.1, 0.15) is 12.2 Å². The third kappa shape index (κ3) is 4.55. The van der Waals surface area contributed by atoms with Crippen molar-refractivity contribution in [3.8, 4) is 0 Å². The second-order valence-corrected chi connectivity index (χ2v) is 4.80. The molecule has 126 valence electrons. The maximum atomic E-state index is 13.4. The molecule has 0 atom stereocenters. The number of para-hydroxylation sites is 2. The molecule has 4 nitrogen and oxygen atoms in total. The first-order chi connectivity index (χ1) is 11.3. The van der Waals surface area contributed by atoms with E-state index in [1.54, 1.807) is 0 Å². The first-order valence-electron chi connectivity index (χ1n) is 6.78. The van der Waals surface area contributed by atoms with Crippen LogP contribution in [-0.4, -0.2) is 11.8 Å². The number of hydrogen-bond donors (Lipinski definition) is 2. The van der Waals surface area contributed by atoms with Crippen molar-refractivity contribution in [3.63, 3.8) is 0 Å². The molecule has 0 saturated heterocycles. The van der Waals surface area contributed by atoms with Crippen molar-refractivity contribution < 1.29 is 27.2 Å². The van der Waals surface area contributed by atoms with Gasteiger partial charge in [0, 0.05) is 0 Å². The maximum Gasteiger partial charge on any atom is 0.418 e. The standard InChI is InChI=1S/C16H12F4N2O2/c17-11-6-2-4-8-13(11)22-15(24)9-14(23)21-12-7-3-1-5-10(12)16(18,19)20/h1-8H,9H2,(H,21,23)(H,22,24). The van der Waals surface area contributed by atoms with E-state index >= 15 is 0 Å². The highest BCUT2D eigenvalue weighted by atomic mass is 19.4. The lowest BCUT2D eigenvalue weighted by Gasteiger charge is -2.13. The van der Waals surface area contributed by atoms with Gasteiger partial charge in [0.05, 0.1) is 16.9 Å². The molecule has 2 amide bonds.